The Labute approximate surface area is 107 Å². The first kappa shape index (κ1) is 14.6. The van der Waals surface area contributed by atoms with E-state index in [4.69, 9.17) is 0 Å². The van der Waals surface area contributed by atoms with Gasteiger partial charge in [-0.15, -0.1) is 11.3 Å². The molecule has 0 atom stereocenters. The van der Waals surface area contributed by atoms with Crippen LogP contribution >= 0.6 is 11.3 Å². The zero-order valence-electron chi connectivity index (χ0n) is 10.1. The number of thiazole rings is 1. The second-order valence-corrected chi connectivity index (χ2v) is 6.73. The second kappa shape index (κ2) is 7.05. The van der Waals surface area contributed by atoms with E-state index in [1.54, 1.807) is 5.51 Å². The summed E-state index contributed by atoms with van der Waals surface area (Å²) in [7, 11) is -3.18. The lowest BCUT2D eigenvalue weighted by atomic mass is 10.4. The molecule has 0 saturated heterocycles. The number of aromatic nitrogens is 1. The minimum Gasteiger partial charge on any atom is -0.314 e. The van der Waals surface area contributed by atoms with Crippen LogP contribution in [0.1, 0.15) is 26.0 Å². The van der Waals surface area contributed by atoms with E-state index < -0.39 is 10.0 Å². The Hall–Kier alpha value is -0.500. The molecule has 2 N–H and O–H groups in total. The fourth-order valence-electron chi connectivity index (χ4n) is 1.23. The molecule has 0 bridgehead atoms. The van der Waals surface area contributed by atoms with E-state index in [9.17, 15) is 8.42 Å². The number of hydrogen-bond acceptors (Lipinski definition) is 5. The van der Waals surface area contributed by atoms with Crippen LogP contribution < -0.4 is 10.0 Å². The topological polar surface area (TPSA) is 71.1 Å². The van der Waals surface area contributed by atoms with Gasteiger partial charge in [0, 0.05) is 11.4 Å². The number of hydrogen-bond donors (Lipinski definition) is 2. The molecule has 0 aliphatic heterocycles. The molecule has 98 valence electrons. The molecule has 1 aromatic rings. The van der Waals surface area contributed by atoms with Gasteiger partial charge in [-0.1, -0.05) is 13.8 Å². The fourth-order valence-corrected chi connectivity index (χ4v) is 2.83. The van der Waals surface area contributed by atoms with E-state index in [-0.39, 0.29) is 12.3 Å². The van der Waals surface area contributed by atoms with Crippen LogP contribution in [-0.4, -0.2) is 31.7 Å². The number of nitrogens with one attached hydrogen (secondary N) is 2. The Kier molecular flexibility index (Phi) is 6.04. The number of sulfonamides is 1. The molecule has 1 aromatic heterocycles. The van der Waals surface area contributed by atoms with Crippen molar-refractivity contribution in [3.05, 3.63) is 16.6 Å². The second-order valence-electron chi connectivity index (χ2n) is 4.08. The zero-order chi connectivity index (χ0) is 12.7. The van der Waals surface area contributed by atoms with E-state index in [0.29, 0.717) is 12.5 Å². The first-order chi connectivity index (χ1) is 7.99. The maximum absolute atomic E-state index is 11.6. The summed E-state index contributed by atoms with van der Waals surface area (Å²) in [6.45, 7) is 5.07. The third-order valence-corrected chi connectivity index (χ3v) is 4.14. The van der Waals surface area contributed by atoms with Crippen molar-refractivity contribution in [3.63, 3.8) is 0 Å². The van der Waals surface area contributed by atoms with E-state index in [1.165, 1.54) is 11.3 Å². The van der Waals surface area contributed by atoms with Crippen molar-refractivity contribution in [1.82, 2.24) is 15.0 Å². The average molecular weight is 277 g/mol. The Bertz CT molecular complexity index is 401. The monoisotopic (exact) mass is 277 g/mol. The molecule has 17 heavy (non-hydrogen) atoms. The van der Waals surface area contributed by atoms with Crippen LogP contribution in [0.2, 0.25) is 0 Å². The highest BCUT2D eigenvalue weighted by molar-refractivity contribution is 7.89. The lowest BCUT2D eigenvalue weighted by Gasteiger charge is -2.08. The SMILES string of the molecule is CC(C)NCCCS(=O)(=O)NCc1cscn1. The standard InChI is InChI=1S/C10H19N3O2S2/c1-9(2)11-4-3-5-17(14,15)13-6-10-7-16-8-12-10/h7-9,11,13H,3-6H2,1-2H3. The molecule has 0 aromatic carbocycles. The van der Waals surface area contributed by atoms with Crippen molar-refractivity contribution in [2.75, 3.05) is 12.3 Å². The van der Waals surface area contributed by atoms with E-state index in [2.05, 4.69) is 15.0 Å². The Morgan fingerprint density at radius 3 is 2.82 bits per heavy atom. The number of rotatable bonds is 8. The van der Waals surface area contributed by atoms with Crippen molar-refractivity contribution >= 4 is 21.4 Å². The summed E-state index contributed by atoms with van der Waals surface area (Å²) in [5.74, 6) is 0.150. The van der Waals surface area contributed by atoms with E-state index >= 15 is 0 Å². The molecule has 0 amide bonds. The molecule has 0 aliphatic rings. The largest absolute Gasteiger partial charge is 0.314 e. The normalized spacial score (nSPS) is 12.2. The van der Waals surface area contributed by atoms with Gasteiger partial charge in [-0.05, 0) is 13.0 Å². The van der Waals surface area contributed by atoms with Gasteiger partial charge in [0.15, 0.2) is 0 Å². The van der Waals surface area contributed by atoms with Crippen LogP contribution in [0.5, 0.6) is 0 Å². The van der Waals surface area contributed by atoms with Crippen molar-refractivity contribution in [2.24, 2.45) is 0 Å². The summed E-state index contributed by atoms with van der Waals surface area (Å²) in [4.78, 5) is 4.02. The van der Waals surface area contributed by atoms with Crippen LogP contribution in [0.3, 0.4) is 0 Å². The van der Waals surface area contributed by atoms with E-state index in [0.717, 1.165) is 12.2 Å². The maximum atomic E-state index is 11.6. The van der Waals surface area contributed by atoms with Gasteiger partial charge in [-0.2, -0.15) is 0 Å². The summed E-state index contributed by atoms with van der Waals surface area (Å²) in [5, 5.41) is 5.02. The zero-order valence-corrected chi connectivity index (χ0v) is 11.8. The summed E-state index contributed by atoms with van der Waals surface area (Å²) < 4.78 is 25.8. The molecule has 0 radical (unpaired) electrons. The molecular weight excluding hydrogens is 258 g/mol. The first-order valence-corrected chi connectivity index (χ1v) is 8.17. The molecule has 0 aliphatic carbocycles. The van der Waals surface area contributed by atoms with Gasteiger partial charge in [0.1, 0.15) is 0 Å². The Morgan fingerprint density at radius 1 is 1.47 bits per heavy atom. The highest BCUT2D eigenvalue weighted by Crippen LogP contribution is 2.01. The fraction of sp³-hybridized carbons (Fsp3) is 0.700. The van der Waals surface area contributed by atoms with Gasteiger partial charge >= 0.3 is 0 Å². The molecule has 0 unspecified atom stereocenters. The average Bonchev–Trinajstić information content (AvgIpc) is 2.74. The lowest BCUT2D eigenvalue weighted by molar-refractivity contribution is 0.560. The van der Waals surface area contributed by atoms with Gasteiger partial charge in [0.05, 0.1) is 23.5 Å². The van der Waals surface area contributed by atoms with Crippen molar-refractivity contribution in [3.8, 4) is 0 Å². The van der Waals surface area contributed by atoms with Gasteiger partial charge < -0.3 is 5.32 Å². The molecule has 1 rings (SSSR count). The van der Waals surface area contributed by atoms with Gasteiger partial charge in [0.2, 0.25) is 10.0 Å². The van der Waals surface area contributed by atoms with Crippen LogP contribution in [0.25, 0.3) is 0 Å². The molecule has 0 fully saturated rings. The van der Waals surface area contributed by atoms with Gasteiger partial charge in [-0.25, -0.2) is 18.1 Å². The predicted molar refractivity (Wildman–Crippen MR) is 70.5 cm³/mol. The summed E-state index contributed by atoms with van der Waals surface area (Å²) >= 11 is 1.46. The summed E-state index contributed by atoms with van der Waals surface area (Å²) in [6.07, 6.45) is 0.616. The van der Waals surface area contributed by atoms with Crippen LogP contribution in [0.15, 0.2) is 10.9 Å². The molecule has 0 spiro atoms. The van der Waals surface area contributed by atoms with Crippen molar-refractivity contribution < 1.29 is 8.42 Å². The minimum atomic E-state index is -3.18. The third kappa shape index (κ3) is 6.72. The number of nitrogens with zero attached hydrogens (tertiary/aromatic N) is 1. The minimum absolute atomic E-state index is 0.150. The molecule has 1 heterocycles. The van der Waals surface area contributed by atoms with Gasteiger partial charge in [-0.3, -0.25) is 0 Å². The highest BCUT2D eigenvalue weighted by Gasteiger charge is 2.09. The molecular formula is C10H19N3O2S2. The van der Waals surface area contributed by atoms with Gasteiger partial charge in [0.25, 0.3) is 0 Å². The Morgan fingerprint density at radius 2 is 2.24 bits per heavy atom. The summed E-state index contributed by atoms with van der Waals surface area (Å²) in [5.41, 5.74) is 2.45. The molecule has 0 saturated carbocycles. The van der Waals surface area contributed by atoms with E-state index in [1.807, 2.05) is 19.2 Å². The molecule has 7 heteroatoms. The first-order valence-electron chi connectivity index (χ1n) is 5.57. The third-order valence-electron chi connectivity index (χ3n) is 2.10. The predicted octanol–water partition coefficient (Wildman–Crippen LogP) is 0.951. The van der Waals surface area contributed by atoms with Crippen LogP contribution in [0.4, 0.5) is 0 Å². The Balaban J connectivity index is 2.22. The summed E-state index contributed by atoms with van der Waals surface area (Å²) in [6, 6.07) is 0.390. The van der Waals surface area contributed by atoms with Crippen molar-refractivity contribution in [1.29, 1.82) is 0 Å². The quantitative estimate of drug-likeness (QED) is 0.694. The van der Waals surface area contributed by atoms with Crippen LogP contribution in [-0.2, 0) is 16.6 Å². The van der Waals surface area contributed by atoms with Crippen LogP contribution in [0, 0.1) is 0 Å². The smallest absolute Gasteiger partial charge is 0.211 e. The molecule has 5 nitrogen and oxygen atoms in total. The maximum Gasteiger partial charge on any atom is 0.211 e. The highest BCUT2D eigenvalue weighted by atomic mass is 32.2. The van der Waals surface area contributed by atoms with Crippen molar-refractivity contribution in [2.45, 2.75) is 32.9 Å². The lowest BCUT2D eigenvalue weighted by Crippen LogP contribution is -2.29.